The number of hydrogen-bond acceptors (Lipinski definition) is 7. The Bertz CT molecular complexity index is 1070. The first-order valence-corrected chi connectivity index (χ1v) is 10.6. The number of aryl methyl sites for hydroxylation is 2. The molecule has 0 saturated carbocycles. The van der Waals surface area contributed by atoms with Crippen molar-refractivity contribution in [3.63, 3.8) is 0 Å². The van der Waals surface area contributed by atoms with Crippen LogP contribution >= 0.6 is 35.0 Å². The van der Waals surface area contributed by atoms with E-state index in [2.05, 4.69) is 20.6 Å². The summed E-state index contributed by atoms with van der Waals surface area (Å²) in [7, 11) is 0. The smallest absolute Gasteiger partial charge is 0.306 e. The summed E-state index contributed by atoms with van der Waals surface area (Å²) in [5.74, 6) is 0.573. The monoisotopic (exact) mass is 469 g/mol. The van der Waals surface area contributed by atoms with Crippen LogP contribution in [0.25, 0.3) is 0 Å². The highest BCUT2D eigenvalue weighted by atomic mass is 35.5. The lowest BCUT2D eigenvalue weighted by Gasteiger charge is -2.09. The zero-order valence-electron chi connectivity index (χ0n) is 15.8. The van der Waals surface area contributed by atoms with Crippen molar-refractivity contribution < 1.29 is 9.72 Å². The van der Waals surface area contributed by atoms with Crippen molar-refractivity contribution >= 4 is 52.2 Å². The van der Waals surface area contributed by atoms with Gasteiger partial charge in [0.05, 0.1) is 21.4 Å². The van der Waals surface area contributed by atoms with Crippen LogP contribution in [0.4, 0.5) is 11.4 Å². The molecule has 13 heteroatoms. The largest absolute Gasteiger partial charge is 0.324 e. The lowest BCUT2D eigenvalue weighted by molar-refractivity contribution is -0.385. The molecule has 158 valence electrons. The lowest BCUT2D eigenvalue weighted by Crippen LogP contribution is -2.15. The molecule has 0 fully saturated rings. The number of halogens is 2. The van der Waals surface area contributed by atoms with Crippen molar-refractivity contribution in [3.8, 4) is 0 Å². The van der Waals surface area contributed by atoms with E-state index in [0.717, 1.165) is 0 Å². The minimum Gasteiger partial charge on any atom is -0.324 e. The maximum absolute atomic E-state index is 12.3. The minimum atomic E-state index is -0.492. The number of hydrogen-bond donors (Lipinski definition) is 1. The summed E-state index contributed by atoms with van der Waals surface area (Å²) in [6.07, 6.45) is 3.06. The highest BCUT2D eigenvalue weighted by Crippen LogP contribution is 2.26. The predicted octanol–water partition coefficient (Wildman–Crippen LogP) is 3.68. The minimum absolute atomic E-state index is 0.0611. The number of rotatable bonds is 9. The van der Waals surface area contributed by atoms with Crippen LogP contribution in [0, 0.1) is 10.1 Å². The number of carbonyl (C=O) groups excluding carboxylic acids is 1. The molecule has 0 radical (unpaired) electrons. The fourth-order valence-electron chi connectivity index (χ4n) is 2.62. The number of nitrogens with zero attached hydrogens (tertiary/aromatic N) is 6. The Balaban J connectivity index is 1.58. The van der Waals surface area contributed by atoms with Crippen molar-refractivity contribution in [3.05, 3.63) is 56.6 Å². The standard InChI is InChI=1S/C17H17Cl2N7O3S/c1-2-25-15(5-6-24-9-12(8-20-24)26(28)29)22-23-17(25)30-10-16(27)21-14-7-11(18)3-4-13(14)19/h3-4,7-9H,2,5-6,10H2,1H3,(H,21,27). The molecule has 10 nitrogen and oxygen atoms in total. The zero-order chi connectivity index (χ0) is 21.7. The lowest BCUT2D eigenvalue weighted by atomic mass is 10.3. The molecule has 2 heterocycles. The van der Waals surface area contributed by atoms with Gasteiger partial charge in [-0.15, -0.1) is 10.2 Å². The summed E-state index contributed by atoms with van der Waals surface area (Å²) in [5.41, 5.74) is 0.384. The van der Waals surface area contributed by atoms with Gasteiger partial charge in [0, 0.05) is 24.5 Å². The van der Waals surface area contributed by atoms with Crippen LogP contribution < -0.4 is 5.32 Å². The quantitative estimate of drug-likeness (QED) is 0.288. The molecule has 3 aromatic rings. The summed E-state index contributed by atoms with van der Waals surface area (Å²) >= 11 is 13.2. The van der Waals surface area contributed by atoms with E-state index >= 15 is 0 Å². The number of benzene rings is 1. The number of nitro groups is 1. The van der Waals surface area contributed by atoms with E-state index in [1.807, 2.05) is 11.5 Å². The number of thioether (sulfide) groups is 1. The fourth-order valence-corrected chi connectivity index (χ4v) is 3.78. The predicted molar refractivity (Wildman–Crippen MR) is 114 cm³/mol. The molecule has 1 N–H and O–H groups in total. The van der Waals surface area contributed by atoms with E-state index < -0.39 is 4.92 Å². The molecular formula is C17H17Cl2N7O3S. The van der Waals surface area contributed by atoms with Crippen LogP contribution in [0.3, 0.4) is 0 Å². The molecule has 0 atom stereocenters. The Kier molecular flexibility index (Phi) is 7.29. The SMILES string of the molecule is CCn1c(CCn2cc([N+](=O)[O-])cn2)nnc1SCC(=O)Nc1cc(Cl)ccc1Cl. The van der Waals surface area contributed by atoms with Gasteiger partial charge in [-0.25, -0.2) is 0 Å². The van der Waals surface area contributed by atoms with Crippen LogP contribution in [0.15, 0.2) is 35.7 Å². The van der Waals surface area contributed by atoms with Gasteiger partial charge in [0.2, 0.25) is 5.91 Å². The Hall–Kier alpha value is -2.63. The molecule has 2 aromatic heterocycles. The third-order valence-electron chi connectivity index (χ3n) is 4.04. The third kappa shape index (κ3) is 5.49. The van der Waals surface area contributed by atoms with Gasteiger partial charge in [-0.2, -0.15) is 5.10 Å². The van der Waals surface area contributed by atoms with E-state index in [0.29, 0.717) is 46.2 Å². The van der Waals surface area contributed by atoms with Crippen LogP contribution in [0.5, 0.6) is 0 Å². The molecule has 0 aliphatic heterocycles. The molecule has 0 saturated heterocycles. The molecule has 1 aromatic carbocycles. The molecule has 30 heavy (non-hydrogen) atoms. The highest BCUT2D eigenvalue weighted by Gasteiger charge is 2.15. The average Bonchev–Trinajstić information content (AvgIpc) is 3.34. The van der Waals surface area contributed by atoms with Gasteiger partial charge in [0.15, 0.2) is 5.16 Å². The zero-order valence-corrected chi connectivity index (χ0v) is 18.1. The van der Waals surface area contributed by atoms with Gasteiger partial charge in [-0.3, -0.25) is 19.6 Å². The Labute approximate surface area is 185 Å². The Morgan fingerprint density at radius 1 is 1.33 bits per heavy atom. The molecule has 0 unspecified atom stereocenters. The first-order valence-electron chi connectivity index (χ1n) is 8.84. The van der Waals surface area contributed by atoms with Gasteiger partial charge in [-0.05, 0) is 25.1 Å². The van der Waals surface area contributed by atoms with Gasteiger partial charge in [-0.1, -0.05) is 35.0 Å². The summed E-state index contributed by atoms with van der Waals surface area (Å²) in [6.45, 7) is 2.98. The number of aromatic nitrogens is 5. The number of amides is 1. The van der Waals surface area contributed by atoms with Crippen LogP contribution in [-0.4, -0.2) is 41.1 Å². The molecule has 1 amide bonds. The van der Waals surface area contributed by atoms with Gasteiger partial charge in [0.1, 0.15) is 18.2 Å². The summed E-state index contributed by atoms with van der Waals surface area (Å²) in [4.78, 5) is 22.5. The average molecular weight is 470 g/mol. The third-order valence-corrected chi connectivity index (χ3v) is 5.57. The van der Waals surface area contributed by atoms with Gasteiger partial charge >= 0.3 is 5.69 Å². The van der Waals surface area contributed by atoms with Crippen LogP contribution in [0.2, 0.25) is 10.0 Å². The van der Waals surface area contributed by atoms with Crippen molar-refractivity contribution in [2.75, 3.05) is 11.1 Å². The number of anilines is 1. The normalized spacial score (nSPS) is 10.9. The maximum Gasteiger partial charge on any atom is 0.306 e. The van der Waals surface area contributed by atoms with Crippen molar-refractivity contribution in [1.82, 2.24) is 24.5 Å². The molecule has 0 bridgehead atoms. The maximum atomic E-state index is 12.3. The molecule has 3 rings (SSSR count). The Morgan fingerprint density at radius 3 is 2.83 bits per heavy atom. The van der Waals surface area contributed by atoms with Gasteiger partial charge in [0.25, 0.3) is 0 Å². The molecule has 0 aliphatic rings. The van der Waals surface area contributed by atoms with Gasteiger partial charge < -0.3 is 9.88 Å². The molecule has 0 spiro atoms. The molecular weight excluding hydrogens is 453 g/mol. The summed E-state index contributed by atoms with van der Waals surface area (Å²) < 4.78 is 3.38. The Morgan fingerprint density at radius 2 is 2.13 bits per heavy atom. The van der Waals surface area contributed by atoms with Crippen molar-refractivity contribution in [2.45, 2.75) is 31.6 Å². The van der Waals surface area contributed by atoms with Crippen LogP contribution in [-0.2, 0) is 24.3 Å². The van der Waals surface area contributed by atoms with E-state index in [1.165, 1.54) is 28.8 Å². The first-order chi connectivity index (χ1) is 14.4. The topological polar surface area (TPSA) is 121 Å². The van der Waals surface area contributed by atoms with E-state index in [-0.39, 0.29) is 17.3 Å². The number of nitrogens with one attached hydrogen (secondary N) is 1. The first kappa shape index (κ1) is 22.1. The second kappa shape index (κ2) is 9.92. The molecule has 0 aliphatic carbocycles. The van der Waals surface area contributed by atoms with E-state index in [9.17, 15) is 14.9 Å². The fraction of sp³-hybridized carbons (Fsp3) is 0.294. The summed E-state index contributed by atoms with van der Waals surface area (Å²) in [5, 5.41) is 27.2. The van der Waals surface area contributed by atoms with Crippen molar-refractivity contribution in [2.24, 2.45) is 0 Å². The van der Waals surface area contributed by atoms with Crippen LogP contribution in [0.1, 0.15) is 12.7 Å². The summed E-state index contributed by atoms with van der Waals surface area (Å²) in [6, 6.07) is 4.83. The highest BCUT2D eigenvalue weighted by molar-refractivity contribution is 7.99. The number of carbonyl (C=O) groups is 1. The van der Waals surface area contributed by atoms with E-state index in [1.54, 1.807) is 18.2 Å². The van der Waals surface area contributed by atoms with Crippen molar-refractivity contribution in [1.29, 1.82) is 0 Å². The second-order valence-corrected chi connectivity index (χ2v) is 7.86. The second-order valence-electron chi connectivity index (χ2n) is 6.07. The van der Waals surface area contributed by atoms with E-state index in [4.69, 9.17) is 23.2 Å².